The number of rotatable bonds is 10. The average Bonchev–Trinajstić information content (AvgIpc) is 3.15. The summed E-state index contributed by atoms with van der Waals surface area (Å²) in [7, 11) is -1.19. The number of hydrogen-bond acceptors (Lipinski definition) is 0. The largest absolute Gasteiger partial charge is 0.0679 e. The van der Waals surface area contributed by atoms with Crippen LogP contribution in [0.4, 0.5) is 0 Å². The van der Waals surface area contributed by atoms with Crippen LogP contribution in [0.25, 0.3) is 22.3 Å². The lowest BCUT2D eigenvalue weighted by Crippen LogP contribution is -2.22. The fraction of sp³-hybridized carbons (Fsp3) is 0.0455. The molecule has 0 aliphatic rings. The molecule has 0 saturated carbocycles. The van der Waals surface area contributed by atoms with E-state index in [0.29, 0.717) is 11.1 Å². The topological polar surface area (TPSA) is 0 Å². The zero-order valence-electron chi connectivity index (χ0n) is 26.0. The Hall–Kier alpha value is -5.03. The highest BCUT2D eigenvalue weighted by molar-refractivity contribution is 6.56. The van der Waals surface area contributed by atoms with Gasteiger partial charge in [-0.05, 0) is 50.6 Å². The van der Waals surface area contributed by atoms with Gasteiger partial charge in [0.05, 0.1) is 19.0 Å². The quantitative estimate of drug-likeness (QED) is 0.136. The van der Waals surface area contributed by atoms with E-state index in [4.69, 9.17) is 0 Å². The van der Waals surface area contributed by atoms with Crippen LogP contribution >= 0.6 is 0 Å². The van der Waals surface area contributed by atoms with Crippen molar-refractivity contribution in [3.05, 3.63) is 216 Å². The highest BCUT2D eigenvalue weighted by atomic mass is 28.2. The van der Waals surface area contributed by atoms with Gasteiger partial charge in [-0.15, -0.1) is 0 Å². The zero-order chi connectivity index (χ0) is 31.0. The Morgan fingerprint density at radius 1 is 0.304 bits per heavy atom. The second-order valence-corrected chi connectivity index (χ2v) is 16.1. The minimum atomic E-state index is -0.593. The molecule has 0 atom stereocenters. The van der Waals surface area contributed by atoms with Crippen molar-refractivity contribution in [2.24, 2.45) is 0 Å². The Labute approximate surface area is 278 Å². The zero-order valence-corrected chi connectivity index (χ0v) is 28.8. The Kier molecular flexibility index (Phi) is 9.28. The van der Waals surface area contributed by atoms with Gasteiger partial charge in [0.1, 0.15) is 0 Å². The van der Waals surface area contributed by atoms with Crippen LogP contribution in [0.5, 0.6) is 0 Å². The molecule has 0 bridgehead atoms. The van der Waals surface area contributed by atoms with Gasteiger partial charge in [-0.1, -0.05) is 198 Å². The van der Waals surface area contributed by atoms with E-state index in [1.807, 2.05) is 0 Å². The van der Waals surface area contributed by atoms with Gasteiger partial charge in [0, 0.05) is 11.1 Å². The molecule has 0 aliphatic carbocycles. The number of hydrogen-bond donors (Lipinski definition) is 0. The molecular weight excluding hydrogens is 585 g/mol. The molecule has 46 heavy (non-hydrogen) atoms. The van der Waals surface area contributed by atoms with Crippen molar-refractivity contribution in [3.63, 3.8) is 0 Å². The standard InChI is InChI=1S/C44H37Si2/c1-5-14-35(15-6-1)43(36-16-7-2-8-17-36)45-41-28-24-33(25-29-41)39-22-13-23-40(32-39)34-26-30-42(31-27-34)46-44(37-18-9-3-10-19-37)38-20-11-4-12-21-38/h1-31,43-44H,45-46H2. The summed E-state index contributed by atoms with van der Waals surface area (Å²) >= 11 is 0. The Morgan fingerprint density at radius 3 is 0.913 bits per heavy atom. The summed E-state index contributed by atoms with van der Waals surface area (Å²) in [6.45, 7) is 0. The van der Waals surface area contributed by atoms with Gasteiger partial charge < -0.3 is 0 Å². The predicted octanol–water partition coefficient (Wildman–Crippen LogP) is 7.99. The van der Waals surface area contributed by atoms with E-state index in [9.17, 15) is 0 Å². The molecule has 0 saturated heterocycles. The Bertz CT molecular complexity index is 1730. The summed E-state index contributed by atoms with van der Waals surface area (Å²) in [5, 5.41) is 2.95. The van der Waals surface area contributed by atoms with E-state index in [0.717, 1.165) is 11.1 Å². The lowest BCUT2D eigenvalue weighted by Gasteiger charge is -2.18. The van der Waals surface area contributed by atoms with Gasteiger partial charge >= 0.3 is 0 Å². The van der Waals surface area contributed by atoms with Crippen LogP contribution in [0, 0.1) is 6.07 Å². The number of benzene rings is 7. The van der Waals surface area contributed by atoms with Gasteiger partial charge in [-0.2, -0.15) is 0 Å². The molecule has 7 aromatic rings. The first-order chi connectivity index (χ1) is 22.8. The molecule has 221 valence electrons. The van der Waals surface area contributed by atoms with E-state index in [-0.39, 0.29) is 0 Å². The van der Waals surface area contributed by atoms with Crippen LogP contribution in [-0.4, -0.2) is 19.0 Å². The normalized spacial score (nSPS) is 11.7. The van der Waals surface area contributed by atoms with E-state index in [2.05, 4.69) is 194 Å². The Morgan fingerprint density at radius 2 is 0.609 bits per heavy atom. The SMILES string of the molecule is [c]1c(-c2ccc([SiH2]C(c3ccccc3)c3ccccc3)cc2)cccc1-c1ccc([SiH2]C(c2ccccc2)c2ccccc2)cc1. The third kappa shape index (κ3) is 7.10. The molecule has 0 amide bonds. The van der Waals surface area contributed by atoms with Crippen molar-refractivity contribution in [2.75, 3.05) is 0 Å². The van der Waals surface area contributed by atoms with E-state index >= 15 is 0 Å². The molecule has 7 aromatic carbocycles. The molecular formula is C44H37Si2. The maximum Gasteiger partial charge on any atom is 0.0679 e. The summed E-state index contributed by atoms with van der Waals surface area (Å²) in [5.74, 6) is 0. The van der Waals surface area contributed by atoms with Crippen LogP contribution in [0.2, 0.25) is 0 Å². The Balaban J connectivity index is 1.08. The van der Waals surface area contributed by atoms with Crippen molar-refractivity contribution < 1.29 is 0 Å². The fourth-order valence-electron chi connectivity index (χ4n) is 6.52. The van der Waals surface area contributed by atoms with Crippen molar-refractivity contribution in [1.29, 1.82) is 0 Å². The predicted molar refractivity (Wildman–Crippen MR) is 202 cm³/mol. The molecule has 2 heteroatoms. The van der Waals surface area contributed by atoms with Crippen molar-refractivity contribution in [1.82, 2.24) is 0 Å². The summed E-state index contributed by atoms with van der Waals surface area (Å²) < 4.78 is 0. The molecule has 0 unspecified atom stereocenters. The first kappa shape index (κ1) is 29.7. The molecule has 0 aliphatic heterocycles. The third-order valence-corrected chi connectivity index (χ3v) is 13.6. The van der Waals surface area contributed by atoms with Gasteiger partial charge in [-0.3, -0.25) is 0 Å². The van der Waals surface area contributed by atoms with Crippen LogP contribution in [0.15, 0.2) is 188 Å². The van der Waals surface area contributed by atoms with Gasteiger partial charge in [0.2, 0.25) is 0 Å². The summed E-state index contributed by atoms with van der Waals surface area (Å²) in [6, 6.07) is 72.7. The smallest absolute Gasteiger partial charge is 0.0659 e. The van der Waals surface area contributed by atoms with E-state index < -0.39 is 19.0 Å². The van der Waals surface area contributed by atoms with Crippen LogP contribution in [0.3, 0.4) is 0 Å². The fourth-order valence-corrected chi connectivity index (χ4v) is 10.5. The molecule has 0 spiro atoms. The highest BCUT2D eigenvalue weighted by Crippen LogP contribution is 2.27. The maximum absolute atomic E-state index is 3.72. The molecule has 0 heterocycles. The van der Waals surface area contributed by atoms with E-state index in [1.165, 1.54) is 43.8 Å². The first-order valence-corrected chi connectivity index (χ1v) is 19.3. The van der Waals surface area contributed by atoms with Gasteiger partial charge in [0.15, 0.2) is 0 Å². The minimum absolute atomic E-state index is 0.463. The minimum Gasteiger partial charge on any atom is -0.0659 e. The van der Waals surface area contributed by atoms with Crippen molar-refractivity contribution in [2.45, 2.75) is 11.1 Å². The molecule has 1 radical (unpaired) electrons. The van der Waals surface area contributed by atoms with Crippen molar-refractivity contribution in [3.8, 4) is 22.3 Å². The second kappa shape index (κ2) is 14.4. The summed E-state index contributed by atoms with van der Waals surface area (Å²) in [6.07, 6.45) is 0. The van der Waals surface area contributed by atoms with Crippen LogP contribution in [-0.2, 0) is 0 Å². The molecule has 0 N–H and O–H groups in total. The molecule has 7 rings (SSSR count). The second-order valence-electron chi connectivity index (χ2n) is 12.0. The molecule has 0 nitrogen and oxygen atoms in total. The first-order valence-electron chi connectivity index (χ1n) is 16.2. The maximum atomic E-state index is 3.72. The summed E-state index contributed by atoms with van der Waals surface area (Å²) in [4.78, 5) is 0. The van der Waals surface area contributed by atoms with Gasteiger partial charge in [0.25, 0.3) is 0 Å². The molecule has 0 fully saturated rings. The molecule has 0 aromatic heterocycles. The lowest BCUT2D eigenvalue weighted by atomic mass is 9.99. The monoisotopic (exact) mass is 621 g/mol. The third-order valence-electron chi connectivity index (χ3n) is 9.01. The van der Waals surface area contributed by atoms with Crippen LogP contribution < -0.4 is 10.4 Å². The summed E-state index contributed by atoms with van der Waals surface area (Å²) in [5.41, 5.74) is 11.3. The highest BCUT2D eigenvalue weighted by Gasteiger charge is 2.17. The van der Waals surface area contributed by atoms with Crippen molar-refractivity contribution >= 4 is 29.4 Å². The van der Waals surface area contributed by atoms with Gasteiger partial charge in [-0.25, -0.2) is 0 Å². The van der Waals surface area contributed by atoms with E-state index in [1.54, 1.807) is 0 Å². The average molecular weight is 622 g/mol. The van der Waals surface area contributed by atoms with Crippen LogP contribution in [0.1, 0.15) is 33.3 Å². The lowest BCUT2D eigenvalue weighted by molar-refractivity contribution is 1.13.